The van der Waals surface area contributed by atoms with Gasteiger partial charge in [0.1, 0.15) is 11.2 Å². The Morgan fingerprint density at radius 3 is 2.32 bits per heavy atom. The first-order valence-electron chi connectivity index (χ1n) is 6.12. The molecule has 1 aromatic rings. The van der Waals surface area contributed by atoms with Gasteiger partial charge < -0.3 is 14.8 Å². The van der Waals surface area contributed by atoms with E-state index in [-0.39, 0.29) is 5.91 Å². The van der Waals surface area contributed by atoms with Crippen molar-refractivity contribution in [3.8, 4) is 5.75 Å². The molecular weight excluding hydrogens is 246 g/mol. The van der Waals surface area contributed by atoms with Crippen molar-refractivity contribution in [2.75, 3.05) is 14.2 Å². The number of nitrogens with one attached hydrogen (secondary N) is 1. The van der Waals surface area contributed by atoms with Gasteiger partial charge in [-0.2, -0.15) is 0 Å². The molecule has 1 amide bonds. The fourth-order valence-corrected chi connectivity index (χ4v) is 1.94. The fourth-order valence-electron chi connectivity index (χ4n) is 1.94. The highest BCUT2D eigenvalue weighted by Crippen LogP contribution is 2.46. The Bertz CT molecular complexity index is 477. The van der Waals surface area contributed by atoms with Crippen molar-refractivity contribution in [3.63, 3.8) is 0 Å². The summed E-state index contributed by atoms with van der Waals surface area (Å²) in [6.45, 7) is 0.390. The van der Waals surface area contributed by atoms with Crippen molar-refractivity contribution < 1.29 is 19.1 Å². The summed E-state index contributed by atoms with van der Waals surface area (Å²) < 4.78 is 9.72. The van der Waals surface area contributed by atoms with E-state index >= 15 is 0 Å². The van der Waals surface area contributed by atoms with Crippen molar-refractivity contribution in [3.05, 3.63) is 29.8 Å². The first-order valence-corrected chi connectivity index (χ1v) is 6.12. The Morgan fingerprint density at radius 1 is 1.21 bits per heavy atom. The summed E-state index contributed by atoms with van der Waals surface area (Å²) in [6.07, 6.45) is 1.13. The highest BCUT2D eigenvalue weighted by molar-refractivity contribution is 6.05. The van der Waals surface area contributed by atoms with Gasteiger partial charge in [0.2, 0.25) is 5.91 Å². The molecule has 1 fully saturated rings. The second kappa shape index (κ2) is 5.30. The van der Waals surface area contributed by atoms with Gasteiger partial charge in [0.25, 0.3) is 0 Å². The van der Waals surface area contributed by atoms with Crippen molar-refractivity contribution in [1.29, 1.82) is 0 Å². The lowest BCUT2D eigenvalue weighted by atomic mass is 10.1. The molecule has 0 unspecified atom stereocenters. The predicted molar refractivity (Wildman–Crippen MR) is 68.5 cm³/mol. The molecule has 0 aliphatic heterocycles. The Labute approximate surface area is 111 Å². The summed E-state index contributed by atoms with van der Waals surface area (Å²) in [4.78, 5) is 23.5. The second-order valence-electron chi connectivity index (χ2n) is 4.60. The van der Waals surface area contributed by atoms with Crippen molar-refractivity contribution >= 4 is 11.9 Å². The second-order valence-corrected chi connectivity index (χ2v) is 4.60. The van der Waals surface area contributed by atoms with Crippen LogP contribution in [0.4, 0.5) is 0 Å². The van der Waals surface area contributed by atoms with Crippen LogP contribution in [-0.4, -0.2) is 26.1 Å². The minimum Gasteiger partial charge on any atom is -0.497 e. The summed E-state index contributed by atoms with van der Waals surface area (Å²) in [6, 6.07) is 7.40. The molecule has 0 spiro atoms. The third-order valence-electron chi connectivity index (χ3n) is 3.37. The number of hydrogen-bond acceptors (Lipinski definition) is 4. The topological polar surface area (TPSA) is 64.6 Å². The summed E-state index contributed by atoms with van der Waals surface area (Å²) in [5.41, 5.74) is 0.0103. The number of ether oxygens (including phenoxy) is 2. The van der Waals surface area contributed by atoms with E-state index in [9.17, 15) is 9.59 Å². The number of carbonyl (C=O) groups is 2. The van der Waals surface area contributed by atoms with Crippen LogP contribution in [0.3, 0.4) is 0 Å². The molecule has 1 saturated carbocycles. The highest BCUT2D eigenvalue weighted by atomic mass is 16.5. The van der Waals surface area contributed by atoms with E-state index in [2.05, 4.69) is 10.1 Å². The van der Waals surface area contributed by atoms with Crippen LogP contribution in [0.25, 0.3) is 0 Å². The molecule has 0 radical (unpaired) electrons. The van der Waals surface area contributed by atoms with Crippen molar-refractivity contribution in [1.82, 2.24) is 5.32 Å². The van der Waals surface area contributed by atoms with Gasteiger partial charge in [-0.25, -0.2) is 0 Å². The van der Waals surface area contributed by atoms with E-state index in [1.165, 1.54) is 7.11 Å². The number of amides is 1. The van der Waals surface area contributed by atoms with Gasteiger partial charge >= 0.3 is 5.97 Å². The average molecular weight is 263 g/mol. The van der Waals surface area contributed by atoms with Crippen molar-refractivity contribution in [2.24, 2.45) is 5.41 Å². The molecular formula is C14H17NO4. The summed E-state index contributed by atoms with van der Waals surface area (Å²) in [5, 5.41) is 2.77. The molecule has 1 aliphatic carbocycles. The minimum atomic E-state index is -0.943. The third-order valence-corrected chi connectivity index (χ3v) is 3.37. The highest BCUT2D eigenvalue weighted by Gasteiger charge is 2.57. The lowest BCUT2D eigenvalue weighted by Gasteiger charge is -2.13. The van der Waals surface area contributed by atoms with Crippen LogP contribution in [-0.2, 0) is 20.9 Å². The number of methoxy groups -OCH3 is 2. The zero-order valence-electron chi connectivity index (χ0n) is 11.1. The molecule has 1 aromatic carbocycles. The van der Waals surface area contributed by atoms with Gasteiger partial charge in [0, 0.05) is 6.54 Å². The maximum Gasteiger partial charge on any atom is 0.321 e. The first-order chi connectivity index (χ1) is 9.12. The van der Waals surface area contributed by atoms with Gasteiger partial charge in [-0.1, -0.05) is 12.1 Å². The predicted octanol–water partition coefficient (Wildman–Crippen LogP) is 1.26. The van der Waals surface area contributed by atoms with Crippen LogP contribution in [0, 0.1) is 5.41 Å². The standard InChI is InChI=1S/C14H17NO4/c1-18-11-5-3-10(4-6-11)9-15-12(16)14(7-8-14)13(17)19-2/h3-6H,7-9H2,1-2H3,(H,15,16). The fraction of sp³-hybridized carbons (Fsp3) is 0.429. The lowest BCUT2D eigenvalue weighted by Crippen LogP contribution is -2.37. The molecule has 0 saturated heterocycles. The van der Waals surface area contributed by atoms with E-state index < -0.39 is 11.4 Å². The Hall–Kier alpha value is -2.04. The molecule has 5 nitrogen and oxygen atoms in total. The van der Waals surface area contributed by atoms with E-state index in [1.807, 2.05) is 24.3 Å². The molecule has 0 bridgehead atoms. The zero-order chi connectivity index (χ0) is 13.9. The van der Waals surface area contributed by atoms with E-state index in [0.29, 0.717) is 19.4 Å². The number of benzene rings is 1. The molecule has 1 aliphatic rings. The Morgan fingerprint density at radius 2 is 1.84 bits per heavy atom. The van der Waals surface area contributed by atoms with Gasteiger partial charge in [-0.15, -0.1) is 0 Å². The SMILES string of the molecule is COC(=O)C1(C(=O)NCc2ccc(OC)cc2)CC1. The summed E-state index contributed by atoms with van der Waals surface area (Å²) in [7, 11) is 2.91. The number of carbonyl (C=O) groups excluding carboxylic acids is 2. The van der Waals surface area contributed by atoms with Gasteiger partial charge in [-0.05, 0) is 30.5 Å². The third kappa shape index (κ3) is 2.70. The molecule has 2 rings (SSSR count). The largest absolute Gasteiger partial charge is 0.497 e. The number of esters is 1. The van der Waals surface area contributed by atoms with Crippen LogP contribution in [0.2, 0.25) is 0 Å². The Balaban J connectivity index is 1.91. The zero-order valence-corrected chi connectivity index (χ0v) is 11.1. The minimum absolute atomic E-state index is 0.254. The smallest absolute Gasteiger partial charge is 0.321 e. The van der Waals surface area contributed by atoms with Crippen LogP contribution in [0.5, 0.6) is 5.75 Å². The normalized spacial score (nSPS) is 15.5. The van der Waals surface area contributed by atoms with Crippen LogP contribution in [0.15, 0.2) is 24.3 Å². The quantitative estimate of drug-likeness (QED) is 0.641. The van der Waals surface area contributed by atoms with Crippen LogP contribution >= 0.6 is 0 Å². The maximum absolute atomic E-state index is 12.0. The van der Waals surface area contributed by atoms with E-state index in [4.69, 9.17) is 4.74 Å². The van der Waals surface area contributed by atoms with Gasteiger partial charge in [0.15, 0.2) is 0 Å². The van der Waals surface area contributed by atoms with Crippen LogP contribution < -0.4 is 10.1 Å². The average Bonchev–Trinajstić information content (AvgIpc) is 3.26. The molecule has 5 heteroatoms. The van der Waals surface area contributed by atoms with Gasteiger partial charge in [0.05, 0.1) is 14.2 Å². The monoisotopic (exact) mass is 263 g/mol. The summed E-state index contributed by atoms with van der Waals surface area (Å²) in [5.74, 6) is 0.0678. The molecule has 19 heavy (non-hydrogen) atoms. The van der Waals surface area contributed by atoms with Crippen LogP contribution in [0.1, 0.15) is 18.4 Å². The van der Waals surface area contributed by atoms with Crippen molar-refractivity contribution in [2.45, 2.75) is 19.4 Å². The lowest BCUT2D eigenvalue weighted by molar-refractivity contribution is -0.152. The van der Waals surface area contributed by atoms with Gasteiger partial charge in [-0.3, -0.25) is 9.59 Å². The summed E-state index contributed by atoms with van der Waals surface area (Å²) >= 11 is 0. The Kier molecular flexibility index (Phi) is 3.74. The maximum atomic E-state index is 12.0. The molecule has 102 valence electrons. The van der Waals surface area contributed by atoms with E-state index in [0.717, 1.165) is 11.3 Å². The number of hydrogen-bond donors (Lipinski definition) is 1. The molecule has 0 atom stereocenters. The molecule has 0 heterocycles. The first kappa shape index (κ1) is 13.4. The molecule has 0 aromatic heterocycles. The number of rotatable bonds is 5. The molecule has 1 N–H and O–H groups in total. The van der Waals surface area contributed by atoms with E-state index in [1.54, 1.807) is 7.11 Å².